The number of thiophene rings is 1. The number of amides is 2. The summed E-state index contributed by atoms with van der Waals surface area (Å²) in [5, 5.41) is 9.87. The molecule has 1 unspecified atom stereocenters. The molecule has 0 saturated carbocycles. The second-order valence-corrected chi connectivity index (χ2v) is 9.16. The summed E-state index contributed by atoms with van der Waals surface area (Å²) in [5.74, 6) is 1.60. The van der Waals surface area contributed by atoms with Crippen LogP contribution < -0.4 is 10.1 Å². The number of benzene rings is 2. The molecule has 2 amide bonds. The highest BCUT2D eigenvalue weighted by atomic mass is 35.5. The van der Waals surface area contributed by atoms with E-state index in [1.54, 1.807) is 18.1 Å². The average Bonchev–Trinajstić information content (AvgIpc) is 3.54. The van der Waals surface area contributed by atoms with Crippen LogP contribution in [0.4, 0.5) is 4.79 Å². The molecule has 0 bridgehead atoms. The maximum atomic E-state index is 13.2. The number of hydrogen-bond donors (Lipinski definition) is 1. The van der Waals surface area contributed by atoms with Crippen molar-refractivity contribution in [2.24, 2.45) is 0 Å². The number of allylic oxidation sites excluding steroid dienone is 1. The lowest BCUT2D eigenvalue weighted by molar-refractivity contribution is 0.203. The number of hydrogen-bond acceptors (Lipinski definition) is 6. The zero-order valence-electron chi connectivity index (χ0n) is 18.5. The largest absolute Gasteiger partial charge is 0.497 e. The van der Waals surface area contributed by atoms with Crippen molar-refractivity contribution >= 4 is 34.5 Å². The van der Waals surface area contributed by atoms with Crippen molar-refractivity contribution < 1.29 is 14.1 Å². The van der Waals surface area contributed by atoms with Crippen molar-refractivity contribution in [2.75, 3.05) is 7.11 Å². The van der Waals surface area contributed by atoms with Gasteiger partial charge >= 0.3 is 6.03 Å². The van der Waals surface area contributed by atoms with Gasteiger partial charge in [0.1, 0.15) is 5.75 Å². The van der Waals surface area contributed by atoms with E-state index in [9.17, 15) is 4.79 Å². The summed E-state index contributed by atoms with van der Waals surface area (Å²) in [6.45, 7) is 2.24. The minimum atomic E-state index is -0.467. The lowest BCUT2D eigenvalue weighted by atomic mass is 9.94. The average molecular weight is 493 g/mol. The van der Waals surface area contributed by atoms with E-state index in [0.29, 0.717) is 23.3 Å². The second-order valence-electron chi connectivity index (χ2n) is 7.77. The molecule has 34 heavy (non-hydrogen) atoms. The van der Waals surface area contributed by atoms with Crippen molar-refractivity contribution in [3.8, 4) is 16.5 Å². The highest BCUT2D eigenvalue weighted by Crippen LogP contribution is 2.38. The van der Waals surface area contributed by atoms with Gasteiger partial charge < -0.3 is 14.6 Å². The van der Waals surface area contributed by atoms with E-state index in [1.165, 1.54) is 11.3 Å². The number of carbonyl (C=O) groups is 1. The van der Waals surface area contributed by atoms with Crippen LogP contribution in [0.2, 0.25) is 5.02 Å². The molecule has 2 aromatic carbocycles. The van der Waals surface area contributed by atoms with Gasteiger partial charge in [0.25, 0.3) is 5.89 Å². The smallest absolute Gasteiger partial charge is 0.322 e. The Morgan fingerprint density at radius 3 is 2.71 bits per heavy atom. The van der Waals surface area contributed by atoms with Gasteiger partial charge in [-0.25, -0.2) is 4.79 Å². The Balaban J connectivity index is 1.59. The lowest BCUT2D eigenvalue weighted by Crippen LogP contribution is -2.45. The number of carbonyl (C=O) groups excluding carboxylic acids is 1. The van der Waals surface area contributed by atoms with Gasteiger partial charge in [0.15, 0.2) is 0 Å². The maximum Gasteiger partial charge on any atom is 0.322 e. The number of halogens is 1. The fourth-order valence-electron chi connectivity index (χ4n) is 3.95. The van der Waals surface area contributed by atoms with E-state index in [4.69, 9.17) is 20.9 Å². The fraction of sp³-hybridized carbons (Fsp3) is 0.160. The summed E-state index contributed by atoms with van der Waals surface area (Å²) in [5.41, 5.74) is 3.25. The molecule has 1 N–H and O–H groups in total. The Kier molecular flexibility index (Phi) is 6.08. The molecule has 0 spiro atoms. The molecule has 1 atom stereocenters. The molecule has 0 radical (unpaired) electrons. The van der Waals surface area contributed by atoms with E-state index in [1.807, 2.05) is 66.9 Å². The summed E-state index contributed by atoms with van der Waals surface area (Å²) < 4.78 is 11.0. The lowest BCUT2D eigenvalue weighted by Gasteiger charge is -2.35. The second kappa shape index (κ2) is 9.32. The van der Waals surface area contributed by atoms with Gasteiger partial charge in [0, 0.05) is 10.7 Å². The van der Waals surface area contributed by atoms with Crippen LogP contribution in [0.15, 0.2) is 76.3 Å². The van der Waals surface area contributed by atoms with Crippen LogP contribution in [0, 0.1) is 0 Å². The molecule has 0 aliphatic carbocycles. The molecule has 4 aromatic rings. The van der Waals surface area contributed by atoms with E-state index in [-0.39, 0.29) is 6.03 Å². The van der Waals surface area contributed by atoms with Crippen LogP contribution in [-0.4, -0.2) is 28.2 Å². The molecular weight excluding hydrogens is 472 g/mol. The van der Waals surface area contributed by atoms with Gasteiger partial charge in [0.2, 0.25) is 5.82 Å². The van der Waals surface area contributed by atoms with Crippen LogP contribution in [0.5, 0.6) is 5.75 Å². The molecule has 5 rings (SSSR count). The van der Waals surface area contributed by atoms with Crippen molar-refractivity contribution in [3.05, 3.63) is 93.8 Å². The Hall–Kier alpha value is -3.62. The summed E-state index contributed by atoms with van der Waals surface area (Å²) in [6.07, 6.45) is 0. The summed E-state index contributed by atoms with van der Waals surface area (Å²) in [4.78, 5) is 20.5. The van der Waals surface area contributed by atoms with Crippen LogP contribution in [0.1, 0.15) is 30.0 Å². The third-order valence-electron chi connectivity index (χ3n) is 5.67. The zero-order chi connectivity index (χ0) is 23.7. The van der Waals surface area contributed by atoms with Crippen molar-refractivity contribution in [2.45, 2.75) is 19.5 Å². The van der Waals surface area contributed by atoms with Crippen LogP contribution in [-0.2, 0) is 6.54 Å². The number of rotatable bonds is 6. The topological polar surface area (TPSA) is 80.5 Å². The molecular formula is C25H21ClN4O3S. The molecule has 0 saturated heterocycles. The molecule has 1 aliphatic rings. The molecule has 3 heterocycles. The van der Waals surface area contributed by atoms with Gasteiger partial charge in [-0.1, -0.05) is 47.1 Å². The molecule has 7 nitrogen and oxygen atoms in total. The number of urea groups is 1. The number of aromatic nitrogens is 2. The first-order valence-electron chi connectivity index (χ1n) is 10.6. The predicted molar refractivity (Wildman–Crippen MR) is 131 cm³/mol. The van der Waals surface area contributed by atoms with Gasteiger partial charge in [-0.05, 0) is 53.8 Å². The molecule has 0 fully saturated rings. The van der Waals surface area contributed by atoms with Gasteiger partial charge in [0.05, 0.1) is 30.1 Å². The SMILES string of the molecule is COc1ccc(C2NC(=O)N(Cc3cccc(Cl)c3)C(C)=C2c2nc(-c3cccs3)no2)cc1. The number of nitrogens with zero attached hydrogens (tertiary/aromatic N) is 3. The minimum Gasteiger partial charge on any atom is -0.497 e. The first-order chi connectivity index (χ1) is 16.5. The quantitative estimate of drug-likeness (QED) is 0.348. The van der Waals surface area contributed by atoms with E-state index < -0.39 is 6.04 Å². The van der Waals surface area contributed by atoms with Gasteiger partial charge in [-0.15, -0.1) is 11.3 Å². The first kappa shape index (κ1) is 22.2. The van der Waals surface area contributed by atoms with Gasteiger partial charge in [-0.3, -0.25) is 4.90 Å². The number of ether oxygens (including phenoxy) is 1. The van der Waals surface area contributed by atoms with Crippen molar-refractivity contribution in [3.63, 3.8) is 0 Å². The summed E-state index contributed by atoms with van der Waals surface area (Å²) in [7, 11) is 1.62. The summed E-state index contributed by atoms with van der Waals surface area (Å²) in [6, 6.07) is 18.2. The standard InChI is InChI=1S/C25H21ClN4O3S/c1-15-21(24-28-23(29-33-24)20-7-4-12-34-20)22(17-8-10-19(32-2)11-9-17)27-25(31)30(15)14-16-5-3-6-18(26)13-16/h3-13,22H,14H2,1-2H3,(H,27,31). The van der Waals surface area contributed by atoms with Crippen LogP contribution in [0.3, 0.4) is 0 Å². The number of nitrogens with one attached hydrogen (secondary N) is 1. The molecule has 172 valence electrons. The Bertz CT molecular complexity index is 1350. The Morgan fingerprint density at radius 2 is 2.00 bits per heavy atom. The monoisotopic (exact) mass is 492 g/mol. The number of methoxy groups -OCH3 is 1. The normalized spacial score (nSPS) is 16.0. The third-order valence-corrected chi connectivity index (χ3v) is 6.77. The third kappa shape index (κ3) is 4.30. The van der Waals surface area contributed by atoms with E-state index >= 15 is 0 Å². The molecule has 2 aromatic heterocycles. The highest BCUT2D eigenvalue weighted by Gasteiger charge is 2.36. The maximum absolute atomic E-state index is 13.2. The van der Waals surface area contributed by atoms with Gasteiger partial charge in [-0.2, -0.15) is 4.98 Å². The summed E-state index contributed by atoms with van der Waals surface area (Å²) >= 11 is 7.70. The van der Waals surface area contributed by atoms with Crippen LogP contribution >= 0.6 is 22.9 Å². The minimum absolute atomic E-state index is 0.222. The van der Waals surface area contributed by atoms with Crippen molar-refractivity contribution in [1.29, 1.82) is 0 Å². The Morgan fingerprint density at radius 1 is 1.18 bits per heavy atom. The first-order valence-corrected chi connectivity index (χ1v) is 11.8. The molecule has 9 heteroatoms. The zero-order valence-corrected chi connectivity index (χ0v) is 20.1. The van der Waals surface area contributed by atoms with Crippen molar-refractivity contribution in [1.82, 2.24) is 20.4 Å². The fourth-order valence-corrected chi connectivity index (χ4v) is 4.81. The molecule has 1 aliphatic heterocycles. The van der Waals surface area contributed by atoms with Crippen LogP contribution in [0.25, 0.3) is 16.3 Å². The van der Waals surface area contributed by atoms with E-state index in [0.717, 1.165) is 33.0 Å². The Labute approximate surface area is 205 Å². The highest BCUT2D eigenvalue weighted by molar-refractivity contribution is 7.13. The predicted octanol–water partition coefficient (Wildman–Crippen LogP) is 6.16. The van der Waals surface area contributed by atoms with E-state index in [2.05, 4.69) is 15.5 Å².